The molecule has 25 heavy (non-hydrogen) atoms. The van der Waals surface area contributed by atoms with E-state index in [9.17, 15) is 4.79 Å². The molecule has 2 aromatic carbocycles. The molecule has 0 aromatic heterocycles. The molecule has 0 aliphatic heterocycles. The molecule has 0 atom stereocenters. The number of anilines is 2. The number of hydrogen-bond donors (Lipinski definition) is 2. The van der Waals surface area contributed by atoms with Gasteiger partial charge in [-0.2, -0.15) is 0 Å². The highest BCUT2D eigenvalue weighted by Gasteiger charge is 2.05. The van der Waals surface area contributed by atoms with Gasteiger partial charge in [-0.3, -0.25) is 4.79 Å². The van der Waals surface area contributed by atoms with Crippen LogP contribution in [-0.2, 0) is 4.79 Å². The fraction of sp³-hybridized carbons (Fsp3) is 0.350. The van der Waals surface area contributed by atoms with E-state index in [-0.39, 0.29) is 5.91 Å². The van der Waals surface area contributed by atoms with Gasteiger partial charge >= 0.3 is 0 Å². The van der Waals surface area contributed by atoms with Crippen LogP contribution in [0, 0.1) is 13.8 Å². The third kappa shape index (κ3) is 6.03. The van der Waals surface area contributed by atoms with Crippen molar-refractivity contribution in [3.05, 3.63) is 47.5 Å². The lowest BCUT2D eigenvalue weighted by Gasteiger charge is -2.13. The van der Waals surface area contributed by atoms with Crippen molar-refractivity contribution < 1.29 is 14.3 Å². The third-order valence-electron chi connectivity index (χ3n) is 3.62. The first-order valence-corrected chi connectivity index (χ1v) is 8.38. The van der Waals surface area contributed by atoms with Crippen molar-refractivity contribution in [2.45, 2.75) is 27.2 Å². The second-order valence-electron chi connectivity index (χ2n) is 6.05. The second-order valence-corrected chi connectivity index (χ2v) is 6.05. The standard InChI is InChI=1S/C20H26N2O3/c1-14-10-15(2)12-18(11-14)25-9-5-8-21-19-13-17(22-16(3)23)6-7-20(19)24-4/h6-7,10-13,21H,5,8-9H2,1-4H3,(H,22,23). The molecule has 0 saturated carbocycles. The zero-order valence-corrected chi connectivity index (χ0v) is 15.3. The monoisotopic (exact) mass is 342 g/mol. The Morgan fingerprint density at radius 1 is 1.08 bits per heavy atom. The van der Waals surface area contributed by atoms with E-state index in [4.69, 9.17) is 9.47 Å². The van der Waals surface area contributed by atoms with E-state index in [2.05, 4.69) is 30.5 Å². The average molecular weight is 342 g/mol. The zero-order chi connectivity index (χ0) is 18.2. The molecular weight excluding hydrogens is 316 g/mol. The van der Waals surface area contributed by atoms with Crippen molar-refractivity contribution >= 4 is 17.3 Å². The molecule has 0 bridgehead atoms. The Kier molecular flexibility index (Phi) is 6.69. The molecule has 5 nitrogen and oxygen atoms in total. The van der Waals surface area contributed by atoms with E-state index in [1.807, 2.05) is 30.3 Å². The molecule has 0 aliphatic rings. The Labute approximate surface area is 149 Å². The van der Waals surface area contributed by atoms with Crippen LogP contribution in [0.25, 0.3) is 0 Å². The van der Waals surface area contributed by atoms with Crippen LogP contribution in [0.15, 0.2) is 36.4 Å². The van der Waals surface area contributed by atoms with Gasteiger partial charge in [0.05, 0.1) is 19.4 Å². The fourth-order valence-electron chi connectivity index (χ4n) is 2.63. The molecule has 0 aliphatic carbocycles. The summed E-state index contributed by atoms with van der Waals surface area (Å²) in [6, 6.07) is 11.7. The van der Waals surface area contributed by atoms with Gasteiger partial charge in [0.15, 0.2) is 0 Å². The molecule has 2 rings (SSSR count). The molecule has 0 heterocycles. The SMILES string of the molecule is COc1ccc(NC(C)=O)cc1NCCCOc1cc(C)cc(C)c1. The van der Waals surface area contributed by atoms with Crippen LogP contribution in [0.5, 0.6) is 11.5 Å². The van der Waals surface area contributed by atoms with Gasteiger partial charge in [-0.1, -0.05) is 6.07 Å². The Morgan fingerprint density at radius 2 is 1.80 bits per heavy atom. The number of carbonyl (C=O) groups is 1. The quantitative estimate of drug-likeness (QED) is 0.708. The van der Waals surface area contributed by atoms with E-state index in [1.54, 1.807) is 7.11 Å². The fourth-order valence-corrected chi connectivity index (χ4v) is 2.63. The van der Waals surface area contributed by atoms with Crippen molar-refractivity contribution in [1.29, 1.82) is 0 Å². The van der Waals surface area contributed by atoms with E-state index >= 15 is 0 Å². The minimum absolute atomic E-state index is 0.0991. The Bertz CT molecular complexity index is 709. The number of ether oxygens (including phenoxy) is 2. The Hall–Kier alpha value is -2.69. The Balaban J connectivity index is 1.85. The van der Waals surface area contributed by atoms with Crippen LogP contribution in [-0.4, -0.2) is 26.2 Å². The number of benzene rings is 2. The molecule has 0 spiro atoms. The van der Waals surface area contributed by atoms with Crippen molar-refractivity contribution in [2.24, 2.45) is 0 Å². The number of nitrogens with one attached hydrogen (secondary N) is 2. The first-order chi connectivity index (χ1) is 12.0. The van der Waals surface area contributed by atoms with Crippen molar-refractivity contribution in [3.63, 3.8) is 0 Å². The summed E-state index contributed by atoms with van der Waals surface area (Å²) in [6.45, 7) is 6.99. The summed E-state index contributed by atoms with van der Waals surface area (Å²) in [5, 5.41) is 6.10. The molecule has 0 saturated heterocycles. The first kappa shape index (κ1) is 18.6. The molecule has 0 radical (unpaired) electrons. The van der Waals surface area contributed by atoms with Gasteiger partial charge in [0.1, 0.15) is 11.5 Å². The summed E-state index contributed by atoms with van der Waals surface area (Å²) in [4.78, 5) is 11.2. The molecule has 0 unspecified atom stereocenters. The maximum Gasteiger partial charge on any atom is 0.221 e. The van der Waals surface area contributed by atoms with Gasteiger partial charge < -0.3 is 20.1 Å². The molecule has 134 valence electrons. The summed E-state index contributed by atoms with van der Waals surface area (Å²) >= 11 is 0. The smallest absolute Gasteiger partial charge is 0.221 e. The van der Waals surface area contributed by atoms with Crippen molar-refractivity contribution in [2.75, 3.05) is 30.9 Å². The van der Waals surface area contributed by atoms with E-state index < -0.39 is 0 Å². The molecule has 1 amide bonds. The summed E-state index contributed by atoms with van der Waals surface area (Å²) in [5.74, 6) is 1.55. The van der Waals surface area contributed by atoms with Gasteiger partial charge in [-0.15, -0.1) is 0 Å². The van der Waals surface area contributed by atoms with Gasteiger partial charge in [0, 0.05) is 19.2 Å². The zero-order valence-electron chi connectivity index (χ0n) is 15.3. The van der Waals surface area contributed by atoms with Crippen molar-refractivity contribution in [3.8, 4) is 11.5 Å². The highest BCUT2D eigenvalue weighted by molar-refractivity contribution is 5.89. The number of aryl methyl sites for hydroxylation is 2. The van der Waals surface area contributed by atoms with Crippen LogP contribution >= 0.6 is 0 Å². The third-order valence-corrected chi connectivity index (χ3v) is 3.62. The highest BCUT2D eigenvalue weighted by Crippen LogP contribution is 2.27. The number of rotatable bonds is 8. The van der Waals surface area contributed by atoms with Gasteiger partial charge in [0.25, 0.3) is 0 Å². The van der Waals surface area contributed by atoms with E-state index in [0.717, 1.165) is 35.8 Å². The maximum atomic E-state index is 11.2. The number of hydrogen-bond acceptors (Lipinski definition) is 4. The lowest BCUT2D eigenvalue weighted by molar-refractivity contribution is -0.114. The van der Waals surface area contributed by atoms with Gasteiger partial charge in [0.2, 0.25) is 5.91 Å². The van der Waals surface area contributed by atoms with Crippen LogP contribution in [0.3, 0.4) is 0 Å². The summed E-state index contributed by atoms with van der Waals surface area (Å²) in [5.41, 5.74) is 3.99. The Morgan fingerprint density at radius 3 is 2.44 bits per heavy atom. The second kappa shape index (κ2) is 8.97. The number of methoxy groups -OCH3 is 1. The predicted molar refractivity (Wildman–Crippen MR) is 102 cm³/mol. The maximum absolute atomic E-state index is 11.2. The lowest BCUT2D eigenvalue weighted by atomic mass is 10.1. The normalized spacial score (nSPS) is 10.2. The topological polar surface area (TPSA) is 59.6 Å². The molecule has 2 N–H and O–H groups in total. The molecule has 0 fully saturated rings. The summed E-state index contributed by atoms with van der Waals surface area (Å²) in [6.07, 6.45) is 0.848. The van der Waals surface area contributed by atoms with Crippen LogP contribution < -0.4 is 20.1 Å². The largest absolute Gasteiger partial charge is 0.495 e. The van der Waals surface area contributed by atoms with Crippen LogP contribution in [0.2, 0.25) is 0 Å². The summed E-state index contributed by atoms with van der Waals surface area (Å²) in [7, 11) is 1.63. The minimum Gasteiger partial charge on any atom is -0.495 e. The van der Waals surface area contributed by atoms with Crippen molar-refractivity contribution in [1.82, 2.24) is 0 Å². The molecular formula is C20H26N2O3. The number of amides is 1. The lowest BCUT2D eigenvalue weighted by Crippen LogP contribution is -2.10. The molecule has 2 aromatic rings. The number of carbonyl (C=O) groups excluding carboxylic acids is 1. The van der Waals surface area contributed by atoms with Crippen LogP contribution in [0.1, 0.15) is 24.5 Å². The van der Waals surface area contributed by atoms with Gasteiger partial charge in [-0.05, 0) is 61.7 Å². The molecule has 5 heteroatoms. The highest BCUT2D eigenvalue weighted by atomic mass is 16.5. The summed E-state index contributed by atoms with van der Waals surface area (Å²) < 4.78 is 11.2. The first-order valence-electron chi connectivity index (χ1n) is 8.38. The minimum atomic E-state index is -0.0991. The van der Waals surface area contributed by atoms with E-state index in [0.29, 0.717) is 6.61 Å². The predicted octanol–water partition coefficient (Wildman–Crippen LogP) is 4.15. The van der Waals surface area contributed by atoms with Crippen LogP contribution in [0.4, 0.5) is 11.4 Å². The van der Waals surface area contributed by atoms with Gasteiger partial charge in [-0.25, -0.2) is 0 Å². The van der Waals surface area contributed by atoms with E-state index in [1.165, 1.54) is 18.1 Å². The average Bonchev–Trinajstić information content (AvgIpc) is 2.53.